The van der Waals surface area contributed by atoms with Crippen molar-refractivity contribution in [2.75, 3.05) is 13.2 Å². The number of carbonyl (C=O) groups is 1. The van der Waals surface area contributed by atoms with Gasteiger partial charge in [-0.15, -0.1) is 0 Å². The molecule has 1 N–H and O–H groups in total. The van der Waals surface area contributed by atoms with Crippen molar-refractivity contribution in [3.05, 3.63) is 63.5 Å². The molecule has 1 atom stereocenters. The second-order valence-corrected chi connectivity index (χ2v) is 5.69. The molecular weight excluding hydrogens is 355 g/mol. The molecule has 2 aromatic rings. The minimum Gasteiger partial charge on any atom is -0.490 e. The molecule has 0 bridgehead atoms. The third kappa shape index (κ3) is 4.93. The number of amides is 1. The van der Waals surface area contributed by atoms with E-state index in [-0.39, 0.29) is 5.56 Å². The second-order valence-electron chi connectivity index (χ2n) is 5.69. The van der Waals surface area contributed by atoms with E-state index in [1.54, 1.807) is 25.1 Å². The maximum Gasteiger partial charge on any atom is 0.305 e. The van der Waals surface area contributed by atoms with E-state index in [9.17, 15) is 19.3 Å². The Morgan fingerprint density at radius 1 is 1.15 bits per heavy atom. The summed E-state index contributed by atoms with van der Waals surface area (Å²) in [7, 11) is 0. The number of rotatable bonds is 8. The Kier molecular flexibility index (Phi) is 6.70. The van der Waals surface area contributed by atoms with Crippen LogP contribution in [0.2, 0.25) is 0 Å². The van der Waals surface area contributed by atoms with Gasteiger partial charge in [0.15, 0.2) is 11.5 Å². The van der Waals surface area contributed by atoms with Crippen molar-refractivity contribution >= 4 is 11.6 Å². The standard InChI is InChI=1S/C19H21FN2O5/c1-4-26-17-9-7-13(11-18(17)27-5-2)12(3)21-19(23)14-6-8-15(20)16(10-14)22(24)25/h6-12H,4-5H2,1-3H3,(H,21,23)/t12-/m1/s1. The van der Waals surface area contributed by atoms with Crippen molar-refractivity contribution in [1.29, 1.82) is 0 Å². The summed E-state index contributed by atoms with van der Waals surface area (Å²) >= 11 is 0. The SMILES string of the molecule is CCOc1ccc([C@@H](C)NC(=O)c2ccc(F)c([N+](=O)[O-])c2)cc1OCC. The van der Waals surface area contributed by atoms with Crippen LogP contribution in [-0.2, 0) is 0 Å². The Morgan fingerprint density at radius 2 is 1.81 bits per heavy atom. The number of nitro benzene ring substituents is 1. The number of benzene rings is 2. The van der Waals surface area contributed by atoms with Gasteiger partial charge in [-0.05, 0) is 50.6 Å². The number of nitro groups is 1. The fourth-order valence-corrected chi connectivity index (χ4v) is 2.49. The maximum atomic E-state index is 13.4. The smallest absolute Gasteiger partial charge is 0.305 e. The number of nitrogens with one attached hydrogen (secondary N) is 1. The van der Waals surface area contributed by atoms with Gasteiger partial charge in [-0.3, -0.25) is 14.9 Å². The zero-order chi connectivity index (χ0) is 20.0. The topological polar surface area (TPSA) is 90.7 Å². The van der Waals surface area contributed by atoms with Gasteiger partial charge < -0.3 is 14.8 Å². The predicted octanol–water partition coefficient (Wildman–Crippen LogP) is 4.02. The lowest BCUT2D eigenvalue weighted by Gasteiger charge is -2.17. The van der Waals surface area contributed by atoms with Crippen LogP contribution in [0.5, 0.6) is 11.5 Å². The monoisotopic (exact) mass is 376 g/mol. The summed E-state index contributed by atoms with van der Waals surface area (Å²) in [5.74, 6) is -0.360. The highest BCUT2D eigenvalue weighted by Crippen LogP contribution is 2.31. The fourth-order valence-electron chi connectivity index (χ4n) is 2.49. The summed E-state index contributed by atoms with van der Waals surface area (Å²) in [5, 5.41) is 13.6. The molecule has 0 saturated heterocycles. The van der Waals surface area contributed by atoms with Crippen molar-refractivity contribution in [3.8, 4) is 11.5 Å². The van der Waals surface area contributed by atoms with E-state index < -0.39 is 28.4 Å². The molecule has 0 aliphatic heterocycles. The highest BCUT2D eigenvalue weighted by molar-refractivity contribution is 5.95. The zero-order valence-electron chi connectivity index (χ0n) is 15.3. The first-order chi connectivity index (χ1) is 12.9. The van der Waals surface area contributed by atoms with Gasteiger partial charge in [0, 0.05) is 11.6 Å². The number of nitrogens with zero attached hydrogens (tertiary/aromatic N) is 1. The van der Waals surface area contributed by atoms with Crippen LogP contribution in [0.3, 0.4) is 0 Å². The Morgan fingerprint density at radius 3 is 2.44 bits per heavy atom. The van der Waals surface area contributed by atoms with Crippen molar-refractivity contribution in [2.24, 2.45) is 0 Å². The highest BCUT2D eigenvalue weighted by atomic mass is 19.1. The first-order valence-electron chi connectivity index (χ1n) is 8.51. The van der Waals surface area contributed by atoms with Crippen LogP contribution in [0, 0.1) is 15.9 Å². The van der Waals surface area contributed by atoms with E-state index in [2.05, 4.69) is 5.32 Å². The van der Waals surface area contributed by atoms with Gasteiger partial charge in [-0.25, -0.2) is 0 Å². The predicted molar refractivity (Wildman–Crippen MR) is 97.7 cm³/mol. The molecule has 0 aliphatic rings. The zero-order valence-corrected chi connectivity index (χ0v) is 15.3. The van der Waals surface area contributed by atoms with Gasteiger partial charge in [0.2, 0.25) is 5.82 Å². The molecule has 0 saturated carbocycles. The lowest BCUT2D eigenvalue weighted by Crippen LogP contribution is -2.26. The summed E-state index contributed by atoms with van der Waals surface area (Å²) in [4.78, 5) is 22.4. The largest absolute Gasteiger partial charge is 0.490 e. The third-order valence-electron chi connectivity index (χ3n) is 3.82. The number of carbonyl (C=O) groups excluding carboxylic acids is 1. The summed E-state index contributed by atoms with van der Waals surface area (Å²) in [6.07, 6.45) is 0. The van der Waals surface area contributed by atoms with Crippen molar-refractivity contribution in [2.45, 2.75) is 26.8 Å². The van der Waals surface area contributed by atoms with Gasteiger partial charge in [0.05, 0.1) is 24.2 Å². The quantitative estimate of drug-likeness (QED) is 0.555. The Labute approximate surface area is 156 Å². The summed E-state index contributed by atoms with van der Waals surface area (Å²) < 4.78 is 24.5. The molecule has 0 fully saturated rings. The lowest BCUT2D eigenvalue weighted by molar-refractivity contribution is -0.387. The van der Waals surface area contributed by atoms with E-state index in [0.29, 0.717) is 24.7 Å². The first kappa shape index (κ1) is 20.2. The van der Waals surface area contributed by atoms with Crippen molar-refractivity contribution in [1.82, 2.24) is 5.32 Å². The second kappa shape index (κ2) is 8.98. The number of hydrogen-bond donors (Lipinski definition) is 1. The van der Waals surface area contributed by atoms with Crippen LogP contribution in [0.25, 0.3) is 0 Å². The summed E-state index contributed by atoms with van der Waals surface area (Å²) in [6, 6.07) is 7.95. The molecule has 2 aromatic carbocycles. The molecule has 0 aliphatic carbocycles. The number of halogens is 1. The van der Waals surface area contributed by atoms with Crippen LogP contribution in [0.4, 0.5) is 10.1 Å². The third-order valence-corrected chi connectivity index (χ3v) is 3.82. The Balaban J connectivity index is 2.20. The van der Waals surface area contributed by atoms with Crippen LogP contribution >= 0.6 is 0 Å². The maximum absolute atomic E-state index is 13.4. The van der Waals surface area contributed by atoms with Gasteiger partial charge in [0.25, 0.3) is 5.91 Å². The van der Waals surface area contributed by atoms with Gasteiger partial charge in [-0.1, -0.05) is 6.07 Å². The molecule has 0 unspecified atom stereocenters. The number of ether oxygens (including phenoxy) is 2. The van der Waals surface area contributed by atoms with E-state index in [1.807, 2.05) is 13.8 Å². The minimum atomic E-state index is -0.988. The van der Waals surface area contributed by atoms with Gasteiger partial charge >= 0.3 is 5.69 Å². The fraction of sp³-hybridized carbons (Fsp3) is 0.316. The molecule has 1 amide bonds. The molecule has 0 heterocycles. The lowest BCUT2D eigenvalue weighted by atomic mass is 10.1. The number of hydrogen-bond acceptors (Lipinski definition) is 5. The Bertz CT molecular complexity index is 841. The summed E-state index contributed by atoms with van der Waals surface area (Å²) in [5.41, 5.74) is 0.0350. The van der Waals surface area contributed by atoms with Gasteiger partial charge in [-0.2, -0.15) is 4.39 Å². The molecule has 27 heavy (non-hydrogen) atoms. The first-order valence-corrected chi connectivity index (χ1v) is 8.51. The summed E-state index contributed by atoms with van der Waals surface area (Å²) in [6.45, 7) is 6.45. The molecular formula is C19H21FN2O5. The molecule has 0 aromatic heterocycles. The molecule has 7 nitrogen and oxygen atoms in total. The van der Waals surface area contributed by atoms with Crippen LogP contribution in [0.1, 0.15) is 42.7 Å². The normalized spacial score (nSPS) is 11.6. The van der Waals surface area contributed by atoms with E-state index in [4.69, 9.17) is 9.47 Å². The average molecular weight is 376 g/mol. The van der Waals surface area contributed by atoms with Crippen LogP contribution in [0.15, 0.2) is 36.4 Å². The molecule has 144 valence electrons. The molecule has 0 spiro atoms. The minimum absolute atomic E-state index is 0.00548. The highest BCUT2D eigenvalue weighted by Gasteiger charge is 2.19. The van der Waals surface area contributed by atoms with E-state index in [1.165, 1.54) is 6.07 Å². The van der Waals surface area contributed by atoms with Crippen molar-refractivity contribution in [3.63, 3.8) is 0 Å². The van der Waals surface area contributed by atoms with Crippen LogP contribution in [-0.4, -0.2) is 24.0 Å². The average Bonchev–Trinajstić information content (AvgIpc) is 2.63. The molecule has 8 heteroatoms. The van der Waals surface area contributed by atoms with E-state index in [0.717, 1.165) is 17.7 Å². The van der Waals surface area contributed by atoms with Gasteiger partial charge in [0.1, 0.15) is 0 Å². The van der Waals surface area contributed by atoms with E-state index >= 15 is 0 Å². The molecule has 2 rings (SSSR count). The molecule has 0 radical (unpaired) electrons. The Hall–Kier alpha value is -3.16. The van der Waals surface area contributed by atoms with Crippen LogP contribution < -0.4 is 14.8 Å². The van der Waals surface area contributed by atoms with Crippen molar-refractivity contribution < 1.29 is 23.6 Å².